The number of fused-ring (bicyclic) bond motifs is 1. The van der Waals surface area contributed by atoms with Gasteiger partial charge in [0, 0.05) is 5.39 Å². The molecule has 0 atom stereocenters. The molecular weight excluding hydrogens is 286 g/mol. The van der Waals surface area contributed by atoms with Crippen LogP contribution in [-0.4, -0.2) is 16.3 Å². The van der Waals surface area contributed by atoms with Crippen LogP contribution in [0.3, 0.4) is 0 Å². The Morgan fingerprint density at radius 2 is 1.70 bits per heavy atom. The molecule has 2 aromatic carbocycles. The number of carbonyl (C=O) groups excluding carboxylic acids is 1. The van der Waals surface area contributed by atoms with E-state index < -0.39 is 5.60 Å². The molecular formula is C20H21NO2. The molecule has 0 fully saturated rings. The highest BCUT2D eigenvalue weighted by Gasteiger charge is 2.22. The molecule has 0 spiro atoms. The molecule has 0 saturated heterocycles. The highest BCUT2D eigenvalue weighted by Crippen LogP contribution is 2.29. The van der Waals surface area contributed by atoms with Crippen molar-refractivity contribution in [3.63, 3.8) is 0 Å². The highest BCUT2D eigenvalue weighted by atomic mass is 16.6. The first-order valence-corrected chi connectivity index (χ1v) is 7.76. The molecule has 0 saturated carbocycles. The molecule has 23 heavy (non-hydrogen) atoms. The lowest BCUT2D eigenvalue weighted by atomic mass is 10.1. The van der Waals surface area contributed by atoms with Gasteiger partial charge in [0.15, 0.2) is 0 Å². The van der Waals surface area contributed by atoms with Crippen LogP contribution in [0.15, 0.2) is 54.6 Å². The largest absolute Gasteiger partial charge is 0.443 e. The van der Waals surface area contributed by atoms with Gasteiger partial charge in [-0.1, -0.05) is 42.5 Å². The van der Waals surface area contributed by atoms with Gasteiger partial charge in [-0.15, -0.1) is 0 Å². The third-order valence-corrected chi connectivity index (χ3v) is 3.61. The standard InChI is InChI=1S/C20H21NO2/c1-14-10-11-16-13-18(15-8-6-5-7-9-15)21(17(16)12-14)19(22)23-20(2,3)4/h5-13H,1-4H3. The van der Waals surface area contributed by atoms with Crippen molar-refractivity contribution in [2.24, 2.45) is 0 Å². The average molecular weight is 307 g/mol. The molecule has 3 nitrogen and oxygen atoms in total. The number of aryl methyl sites for hydroxylation is 1. The molecule has 0 amide bonds. The fourth-order valence-electron chi connectivity index (χ4n) is 2.64. The Morgan fingerprint density at radius 1 is 1.00 bits per heavy atom. The van der Waals surface area contributed by atoms with Crippen LogP contribution in [0.1, 0.15) is 26.3 Å². The molecule has 3 heteroatoms. The molecule has 0 unspecified atom stereocenters. The lowest BCUT2D eigenvalue weighted by Gasteiger charge is -2.21. The zero-order valence-electron chi connectivity index (χ0n) is 14.0. The number of carbonyl (C=O) groups is 1. The Morgan fingerprint density at radius 3 is 2.35 bits per heavy atom. The van der Waals surface area contributed by atoms with E-state index in [1.165, 1.54) is 0 Å². The number of hydrogen-bond donors (Lipinski definition) is 0. The van der Waals surface area contributed by atoms with E-state index in [0.717, 1.165) is 27.7 Å². The summed E-state index contributed by atoms with van der Waals surface area (Å²) in [6, 6.07) is 18.1. The van der Waals surface area contributed by atoms with Gasteiger partial charge in [0.05, 0.1) is 11.2 Å². The van der Waals surface area contributed by atoms with Crippen LogP contribution in [0.5, 0.6) is 0 Å². The first kappa shape index (κ1) is 15.3. The van der Waals surface area contributed by atoms with Crippen molar-refractivity contribution in [2.75, 3.05) is 0 Å². The molecule has 0 aliphatic rings. The third-order valence-electron chi connectivity index (χ3n) is 3.61. The van der Waals surface area contributed by atoms with E-state index in [0.29, 0.717) is 0 Å². The lowest BCUT2D eigenvalue weighted by molar-refractivity contribution is 0.0547. The number of ether oxygens (including phenoxy) is 1. The molecule has 1 heterocycles. The summed E-state index contributed by atoms with van der Waals surface area (Å²) in [6.07, 6.45) is -0.350. The van der Waals surface area contributed by atoms with Gasteiger partial charge in [0.1, 0.15) is 5.60 Å². The van der Waals surface area contributed by atoms with Crippen molar-refractivity contribution < 1.29 is 9.53 Å². The Labute approximate surface area is 136 Å². The molecule has 3 aromatic rings. The Balaban J connectivity index is 2.23. The summed E-state index contributed by atoms with van der Waals surface area (Å²) >= 11 is 0. The van der Waals surface area contributed by atoms with Crippen LogP contribution in [0.4, 0.5) is 4.79 Å². The molecule has 1 aromatic heterocycles. The van der Waals surface area contributed by atoms with Gasteiger partial charge in [-0.05, 0) is 51.0 Å². The topological polar surface area (TPSA) is 31.2 Å². The SMILES string of the molecule is Cc1ccc2cc(-c3ccccc3)n(C(=O)OC(C)(C)C)c2c1. The Kier molecular flexibility index (Phi) is 3.72. The number of nitrogens with zero attached hydrogens (tertiary/aromatic N) is 1. The number of benzene rings is 2. The maximum atomic E-state index is 12.8. The summed E-state index contributed by atoms with van der Waals surface area (Å²) in [4.78, 5) is 12.8. The maximum Gasteiger partial charge on any atom is 0.419 e. The molecule has 0 N–H and O–H groups in total. The summed E-state index contributed by atoms with van der Waals surface area (Å²) in [7, 11) is 0. The summed E-state index contributed by atoms with van der Waals surface area (Å²) in [5.41, 5.74) is 3.29. The Hall–Kier alpha value is -2.55. The van der Waals surface area contributed by atoms with Crippen LogP contribution < -0.4 is 0 Å². The van der Waals surface area contributed by atoms with Crippen LogP contribution in [0, 0.1) is 6.92 Å². The quantitative estimate of drug-likeness (QED) is 0.602. The van der Waals surface area contributed by atoms with E-state index in [-0.39, 0.29) is 6.09 Å². The predicted molar refractivity (Wildman–Crippen MR) is 93.7 cm³/mol. The second-order valence-electron chi connectivity index (χ2n) is 6.77. The predicted octanol–water partition coefficient (Wildman–Crippen LogP) is 5.40. The molecule has 0 aliphatic heterocycles. The monoisotopic (exact) mass is 307 g/mol. The van der Waals surface area contributed by atoms with E-state index in [1.54, 1.807) is 4.57 Å². The van der Waals surface area contributed by atoms with Gasteiger partial charge in [-0.2, -0.15) is 0 Å². The second kappa shape index (κ2) is 5.58. The fraction of sp³-hybridized carbons (Fsp3) is 0.250. The minimum absolute atomic E-state index is 0.350. The fourth-order valence-corrected chi connectivity index (χ4v) is 2.64. The van der Waals surface area contributed by atoms with Gasteiger partial charge in [0.25, 0.3) is 0 Å². The van der Waals surface area contributed by atoms with E-state index in [4.69, 9.17) is 4.74 Å². The Bertz CT molecular complexity index is 854. The normalized spacial score (nSPS) is 11.7. The van der Waals surface area contributed by atoms with Gasteiger partial charge in [0.2, 0.25) is 0 Å². The van der Waals surface area contributed by atoms with E-state index in [9.17, 15) is 4.79 Å². The van der Waals surface area contributed by atoms with Crippen LogP contribution in [0.2, 0.25) is 0 Å². The summed E-state index contributed by atoms with van der Waals surface area (Å²) in [5.74, 6) is 0. The molecule has 0 bridgehead atoms. The zero-order valence-corrected chi connectivity index (χ0v) is 14.0. The molecule has 118 valence electrons. The first-order valence-electron chi connectivity index (χ1n) is 7.76. The van der Waals surface area contributed by atoms with E-state index >= 15 is 0 Å². The first-order chi connectivity index (χ1) is 10.8. The second-order valence-corrected chi connectivity index (χ2v) is 6.77. The third kappa shape index (κ3) is 3.14. The summed E-state index contributed by atoms with van der Waals surface area (Å²) < 4.78 is 7.29. The summed E-state index contributed by atoms with van der Waals surface area (Å²) in [6.45, 7) is 7.66. The molecule has 0 radical (unpaired) electrons. The van der Waals surface area contributed by atoms with Crippen LogP contribution >= 0.6 is 0 Å². The van der Waals surface area contributed by atoms with Crippen molar-refractivity contribution in [1.82, 2.24) is 4.57 Å². The maximum absolute atomic E-state index is 12.8. The molecule has 0 aliphatic carbocycles. The van der Waals surface area contributed by atoms with Gasteiger partial charge < -0.3 is 4.74 Å². The van der Waals surface area contributed by atoms with Crippen molar-refractivity contribution >= 4 is 17.0 Å². The van der Waals surface area contributed by atoms with Gasteiger partial charge in [-0.25, -0.2) is 9.36 Å². The van der Waals surface area contributed by atoms with Crippen molar-refractivity contribution in [1.29, 1.82) is 0 Å². The minimum Gasteiger partial charge on any atom is -0.443 e. The summed E-state index contributed by atoms with van der Waals surface area (Å²) in [5, 5.41) is 1.03. The van der Waals surface area contributed by atoms with Gasteiger partial charge >= 0.3 is 6.09 Å². The van der Waals surface area contributed by atoms with Crippen molar-refractivity contribution in [3.8, 4) is 11.3 Å². The number of aromatic nitrogens is 1. The zero-order chi connectivity index (χ0) is 16.6. The lowest BCUT2D eigenvalue weighted by Crippen LogP contribution is -2.27. The smallest absolute Gasteiger partial charge is 0.419 e. The number of hydrogen-bond acceptors (Lipinski definition) is 2. The van der Waals surface area contributed by atoms with Crippen LogP contribution in [-0.2, 0) is 4.74 Å². The van der Waals surface area contributed by atoms with E-state index in [2.05, 4.69) is 6.07 Å². The number of rotatable bonds is 1. The molecule has 3 rings (SSSR count). The average Bonchev–Trinajstić information content (AvgIpc) is 2.85. The van der Waals surface area contributed by atoms with Crippen molar-refractivity contribution in [2.45, 2.75) is 33.3 Å². The van der Waals surface area contributed by atoms with Crippen LogP contribution in [0.25, 0.3) is 22.2 Å². The minimum atomic E-state index is -0.536. The van der Waals surface area contributed by atoms with E-state index in [1.807, 2.05) is 76.2 Å². The van der Waals surface area contributed by atoms with Crippen molar-refractivity contribution in [3.05, 3.63) is 60.2 Å². The van der Waals surface area contributed by atoms with Gasteiger partial charge in [-0.3, -0.25) is 0 Å². The highest BCUT2D eigenvalue weighted by molar-refractivity contribution is 5.96.